The first kappa shape index (κ1) is 21.2. The summed E-state index contributed by atoms with van der Waals surface area (Å²) < 4.78 is 16.6. The number of carbonyl (C=O) groups is 2. The molecule has 1 aliphatic heterocycles. The van der Waals surface area contributed by atoms with Crippen LogP contribution in [0.25, 0.3) is 0 Å². The van der Waals surface area contributed by atoms with E-state index in [1.165, 1.54) is 0 Å². The Bertz CT molecular complexity index is 939. The Morgan fingerprint density at radius 1 is 1.17 bits per heavy atom. The number of benzene rings is 2. The number of nitrogens with zero attached hydrogens (tertiary/aromatic N) is 1. The largest absolute Gasteiger partial charge is 0.494 e. The van der Waals surface area contributed by atoms with Crippen molar-refractivity contribution in [2.45, 2.75) is 26.9 Å². The topological polar surface area (TPSA) is 77.1 Å². The first-order chi connectivity index (χ1) is 14.4. The lowest BCUT2D eigenvalue weighted by Gasteiger charge is -2.33. The maximum Gasteiger partial charge on any atom is 0.268 e. The van der Waals surface area contributed by atoms with Gasteiger partial charge >= 0.3 is 0 Å². The number of nitrogens with one attached hydrogen (secondary N) is 1. The molecule has 2 amide bonds. The number of hydrogen-bond acceptors (Lipinski definition) is 5. The van der Waals surface area contributed by atoms with Gasteiger partial charge in [0, 0.05) is 12.2 Å². The van der Waals surface area contributed by atoms with E-state index < -0.39 is 6.10 Å². The quantitative estimate of drug-likeness (QED) is 0.670. The Morgan fingerprint density at radius 2 is 1.83 bits per heavy atom. The van der Waals surface area contributed by atoms with Crippen molar-refractivity contribution >= 4 is 23.2 Å². The van der Waals surface area contributed by atoms with Gasteiger partial charge in [0.2, 0.25) is 0 Å². The van der Waals surface area contributed by atoms with Gasteiger partial charge in [-0.3, -0.25) is 9.59 Å². The molecule has 3 rings (SSSR count). The zero-order chi connectivity index (χ0) is 21.7. The molecule has 158 valence electrons. The highest BCUT2D eigenvalue weighted by atomic mass is 16.5. The maximum atomic E-state index is 12.5. The summed E-state index contributed by atoms with van der Waals surface area (Å²) in [4.78, 5) is 26.5. The SMILES string of the molecule is C=C(C)CN1C(=O)C(C)Oc2ccc(NC(=O)COc3ccc(OCC)cc3)cc21. The normalized spacial score (nSPS) is 15.1. The van der Waals surface area contributed by atoms with Crippen LogP contribution in [0.3, 0.4) is 0 Å². The summed E-state index contributed by atoms with van der Waals surface area (Å²) in [5.41, 5.74) is 2.00. The Morgan fingerprint density at radius 3 is 2.47 bits per heavy atom. The predicted molar refractivity (Wildman–Crippen MR) is 115 cm³/mol. The van der Waals surface area contributed by atoms with E-state index >= 15 is 0 Å². The number of ether oxygens (including phenoxy) is 3. The fourth-order valence-electron chi connectivity index (χ4n) is 3.06. The second-order valence-electron chi connectivity index (χ2n) is 7.07. The molecular formula is C23H26N2O5. The minimum absolute atomic E-state index is 0.146. The fraction of sp³-hybridized carbons (Fsp3) is 0.304. The molecule has 0 saturated carbocycles. The van der Waals surface area contributed by atoms with Crippen LogP contribution in [-0.4, -0.2) is 37.7 Å². The van der Waals surface area contributed by atoms with Gasteiger partial charge in [0.1, 0.15) is 17.2 Å². The van der Waals surface area contributed by atoms with Crippen LogP contribution in [0, 0.1) is 0 Å². The second-order valence-corrected chi connectivity index (χ2v) is 7.07. The molecule has 0 aliphatic carbocycles. The molecule has 7 nitrogen and oxygen atoms in total. The predicted octanol–water partition coefficient (Wildman–Crippen LogP) is 3.79. The Kier molecular flexibility index (Phi) is 6.61. The van der Waals surface area contributed by atoms with E-state index in [-0.39, 0.29) is 18.4 Å². The molecule has 2 aromatic carbocycles. The van der Waals surface area contributed by atoms with Gasteiger partial charge in [-0.15, -0.1) is 0 Å². The highest BCUT2D eigenvalue weighted by molar-refractivity contribution is 6.01. The smallest absolute Gasteiger partial charge is 0.268 e. The number of carbonyl (C=O) groups excluding carboxylic acids is 2. The molecule has 0 bridgehead atoms. The molecule has 0 aromatic heterocycles. The van der Waals surface area contributed by atoms with Crippen LogP contribution in [0.1, 0.15) is 20.8 Å². The van der Waals surface area contributed by atoms with E-state index in [4.69, 9.17) is 14.2 Å². The van der Waals surface area contributed by atoms with Gasteiger partial charge in [0.15, 0.2) is 12.7 Å². The zero-order valence-electron chi connectivity index (χ0n) is 17.4. The van der Waals surface area contributed by atoms with Crippen molar-refractivity contribution in [3.05, 3.63) is 54.6 Å². The minimum Gasteiger partial charge on any atom is -0.494 e. The molecule has 2 aromatic rings. The van der Waals surface area contributed by atoms with Crippen molar-refractivity contribution in [3.63, 3.8) is 0 Å². The van der Waals surface area contributed by atoms with E-state index in [9.17, 15) is 9.59 Å². The van der Waals surface area contributed by atoms with E-state index in [1.807, 2.05) is 13.8 Å². The number of amides is 2. The highest BCUT2D eigenvalue weighted by Gasteiger charge is 2.31. The third-order valence-electron chi connectivity index (χ3n) is 4.38. The van der Waals surface area contributed by atoms with Gasteiger partial charge in [-0.25, -0.2) is 0 Å². The molecule has 0 spiro atoms. The van der Waals surface area contributed by atoms with Gasteiger partial charge in [0.05, 0.1) is 12.3 Å². The standard InChI is InChI=1S/C23H26N2O5/c1-5-28-18-7-9-19(10-8-18)29-14-22(26)24-17-6-11-21-20(12-17)25(13-15(2)3)23(27)16(4)30-21/h6-12,16H,2,5,13-14H2,1,3-4H3,(H,24,26). The first-order valence-corrected chi connectivity index (χ1v) is 9.79. The summed E-state index contributed by atoms with van der Waals surface area (Å²) in [6.45, 7) is 10.2. The van der Waals surface area contributed by atoms with Crippen molar-refractivity contribution < 1.29 is 23.8 Å². The zero-order valence-corrected chi connectivity index (χ0v) is 17.4. The van der Waals surface area contributed by atoms with Crippen molar-refractivity contribution in [3.8, 4) is 17.2 Å². The van der Waals surface area contributed by atoms with E-state index in [1.54, 1.807) is 54.3 Å². The fourth-order valence-corrected chi connectivity index (χ4v) is 3.06. The van der Waals surface area contributed by atoms with Crippen molar-refractivity contribution in [2.75, 3.05) is 30.0 Å². The number of fused-ring (bicyclic) bond motifs is 1. The lowest BCUT2D eigenvalue weighted by molar-refractivity contribution is -0.125. The van der Waals surface area contributed by atoms with Gasteiger partial charge < -0.3 is 24.4 Å². The molecule has 1 atom stereocenters. The molecule has 0 radical (unpaired) electrons. The highest BCUT2D eigenvalue weighted by Crippen LogP contribution is 2.36. The van der Waals surface area contributed by atoms with E-state index in [2.05, 4.69) is 11.9 Å². The Labute approximate surface area is 176 Å². The molecule has 1 heterocycles. The monoisotopic (exact) mass is 410 g/mol. The second kappa shape index (κ2) is 9.35. The van der Waals surface area contributed by atoms with Crippen molar-refractivity contribution in [1.29, 1.82) is 0 Å². The summed E-state index contributed by atoms with van der Waals surface area (Å²) >= 11 is 0. The maximum absolute atomic E-state index is 12.5. The van der Waals surface area contributed by atoms with Crippen LogP contribution in [0.5, 0.6) is 17.2 Å². The summed E-state index contributed by atoms with van der Waals surface area (Å²) in [5.74, 6) is 1.44. The number of hydrogen-bond donors (Lipinski definition) is 1. The number of anilines is 2. The minimum atomic E-state index is -0.570. The van der Waals surface area contributed by atoms with Gasteiger partial charge in [-0.2, -0.15) is 0 Å². The molecule has 1 unspecified atom stereocenters. The van der Waals surface area contributed by atoms with Crippen LogP contribution in [0.4, 0.5) is 11.4 Å². The molecule has 1 N–H and O–H groups in total. The molecule has 30 heavy (non-hydrogen) atoms. The van der Waals surface area contributed by atoms with E-state index in [0.29, 0.717) is 36.0 Å². The van der Waals surface area contributed by atoms with Crippen molar-refractivity contribution in [2.24, 2.45) is 0 Å². The van der Waals surface area contributed by atoms with Crippen LogP contribution >= 0.6 is 0 Å². The molecule has 7 heteroatoms. The molecular weight excluding hydrogens is 384 g/mol. The third kappa shape index (κ3) is 5.11. The first-order valence-electron chi connectivity index (χ1n) is 9.79. The molecule has 0 saturated heterocycles. The van der Waals surface area contributed by atoms with Crippen LogP contribution in [0.15, 0.2) is 54.6 Å². The average molecular weight is 410 g/mol. The van der Waals surface area contributed by atoms with Crippen LogP contribution in [0.2, 0.25) is 0 Å². The summed E-state index contributed by atoms with van der Waals surface area (Å²) in [5, 5.41) is 2.79. The van der Waals surface area contributed by atoms with Gasteiger partial charge in [0.25, 0.3) is 11.8 Å². The summed E-state index contributed by atoms with van der Waals surface area (Å²) in [7, 11) is 0. The average Bonchev–Trinajstić information content (AvgIpc) is 2.71. The van der Waals surface area contributed by atoms with Gasteiger partial charge in [-0.1, -0.05) is 12.2 Å². The number of rotatable bonds is 8. The Balaban J connectivity index is 1.65. The third-order valence-corrected chi connectivity index (χ3v) is 4.38. The summed E-state index contributed by atoms with van der Waals surface area (Å²) in [6.07, 6.45) is -0.570. The van der Waals surface area contributed by atoms with Crippen LogP contribution < -0.4 is 24.4 Å². The van der Waals surface area contributed by atoms with Crippen LogP contribution in [-0.2, 0) is 9.59 Å². The molecule has 1 aliphatic rings. The summed E-state index contributed by atoms with van der Waals surface area (Å²) in [6, 6.07) is 12.3. The lowest BCUT2D eigenvalue weighted by atomic mass is 10.1. The molecule has 0 fully saturated rings. The lowest BCUT2D eigenvalue weighted by Crippen LogP contribution is -2.45. The Hall–Kier alpha value is -3.48. The van der Waals surface area contributed by atoms with Gasteiger partial charge in [-0.05, 0) is 63.2 Å². The van der Waals surface area contributed by atoms with Crippen molar-refractivity contribution in [1.82, 2.24) is 0 Å². The van der Waals surface area contributed by atoms with E-state index in [0.717, 1.165) is 11.3 Å².